The van der Waals surface area contributed by atoms with Crippen molar-refractivity contribution in [3.05, 3.63) is 0 Å². The van der Waals surface area contributed by atoms with Gasteiger partial charge >= 0.3 is 0 Å². The molecule has 0 aromatic rings. The van der Waals surface area contributed by atoms with Crippen molar-refractivity contribution in [1.29, 1.82) is 0 Å². The third-order valence-corrected chi connectivity index (χ3v) is 3.83. The van der Waals surface area contributed by atoms with Gasteiger partial charge in [0.15, 0.2) is 0 Å². The largest absolute Gasteiger partial charge is 0.392 e. The lowest BCUT2D eigenvalue weighted by Gasteiger charge is -2.21. The Morgan fingerprint density at radius 1 is 1.05 bits per heavy atom. The van der Waals surface area contributed by atoms with Crippen LogP contribution in [0.3, 0.4) is 0 Å². The third-order valence-electron chi connectivity index (χ3n) is 3.83. The predicted molar refractivity (Wildman–Crippen MR) is 84.8 cm³/mol. The molecule has 0 spiro atoms. The van der Waals surface area contributed by atoms with Crippen molar-refractivity contribution in [2.75, 3.05) is 26.7 Å². The Labute approximate surface area is 124 Å². The summed E-state index contributed by atoms with van der Waals surface area (Å²) >= 11 is 0. The van der Waals surface area contributed by atoms with E-state index in [9.17, 15) is 9.90 Å². The topological polar surface area (TPSA) is 52.6 Å². The van der Waals surface area contributed by atoms with Crippen LogP contribution in [-0.2, 0) is 4.79 Å². The van der Waals surface area contributed by atoms with Crippen molar-refractivity contribution >= 4 is 5.91 Å². The van der Waals surface area contributed by atoms with Crippen molar-refractivity contribution in [1.82, 2.24) is 10.2 Å². The van der Waals surface area contributed by atoms with Gasteiger partial charge in [-0.05, 0) is 25.9 Å². The van der Waals surface area contributed by atoms with Crippen molar-refractivity contribution < 1.29 is 9.90 Å². The zero-order valence-corrected chi connectivity index (χ0v) is 13.7. The summed E-state index contributed by atoms with van der Waals surface area (Å²) in [5.41, 5.74) is 0. The Balaban J connectivity index is 3.33. The van der Waals surface area contributed by atoms with Gasteiger partial charge in [0.25, 0.3) is 0 Å². The Kier molecular flexibility index (Phi) is 13.0. The summed E-state index contributed by atoms with van der Waals surface area (Å²) in [6, 6.07) is 0. The molecular formula is C16H34N2O2. The van der Waals surface area contributed by atoms with Crippen molar-refractivity contribution in [2.24, 2.45) is 0 Å². The first kappa shape index (κ1) is 19.4. The molecule has 0 aliphatic carbocycles. The molecule has 0 aliphatic heterocycles. The lowest BCUT2D eigenvalue weighted by atomic mass is 10.1. The number of likely N-dealkylation sites (N-methyl/N-ethyl adjacent to an activating group) is 1. The summed E-state index contributed by atoms with van der Waals surface area (Å²) in [4.78, 5) is 13.3. The highest BCUT2D eigenvalue weighted by molar-refractivity contribution is 5.75. The zero-order valence-electron chi connectivity index (χ0n) is 13.7. The molecule has 4 heteroatoms. The Morgan fingerprint density at radius 3 is 2.15 bits per heavy atom. The molecule has 4 nitrogen and oxygen atoms in total. The minimum Gasteiger partial charge on any atom is -0.392 e. The van der Waals surface area contributed by atoms with Crippen LogP contribution in [0.15, 0.2) is 0 Å². The second-order valence-electron chi connectivity index (χ2n) is 5.47. The van der Waals surface area contributed by atoms with Crippen molar-refractivity contribution in [3.8, 4) is 0 Å². The van der Waals surface area contributed by atoms with Crippen LogP contribution in [0.25, 0.3) is 0 Å². The zero-order chi connectivity index (χ0) is 15.2. The minimum absolute atomic E-state index is 0.143. The number of hydrogen-bond donors (Lipinski definition) is 2. The smallest absolute Gasteiger partial charge is 0.219 e. The van der Waals surface area contributed by atoms with Gasteiger partial charge in [-0.1, -0.05) is 46.0 Å². The number of aliphatic hydroxyl groups excluding tert-OH is 1. The van der Waals surface area contributed by atoms with Gasteiger partial charge in [0, 0.05) is 20.0 Å². The molecule has 2 N–H and O–H groups in total. The van der Waals surface area contributed by atoms with Crippen LogP contribution in [0.2, 0.25) is 0 Å². The van der Waals surface area contributed by atoms with E-state index in [4.69, 9.17) is 0 Å². The maximum absolute atomic E-state index is 11.0. The monoisotopic (exact) mass is 286 g/mol. The highest BCUT2D eigenvalue weighted by atomic mass is 16.3. The van der Waals surface area contributed by atoms with E-state index >= 15 is 0 Å². The van der Waals surface area contributed by atoms with E-state index in [1.54, 1.807) is 7.05 Å². The number of hydrogen-bond acceptors (Lipinski definition) is 3. The molecule has 1 atom stereocenters. The number of nitrogens with one attached hydrogen (secondary N) is 1. The van der Waals surface area contributed by atoms with Gasteiger partial charge in [-0.15, -0.1) is 0 Å². The van der Waals surface area contributed by atoms with E-state index in [2.05, 4.69) is 24.1 Å². The van der Waals surface area contributed by atoms with Crippen LogP contribution >= 0.6 is 0 Å². The van der Waals surface area contributed by atoms with E-state index in [0.717, 1.165) is 45.3 Å². The average molecular weight is 286 g/mol. The highest BCUT2D eigenvalue weighted by Gasteiger charge is 2.08. The fourth-order valence-corrected chi connectivity index (χ4v) is 2.37. The number of amides is 1. The fourth-order valence-electron chi connectivity index (χ4n) is 2.37. The molecule has 0 heterocycles. The summed E-state index contributed by atoms with van der Waals surface area (Å²) in [5.74, 6) is 0.143. The number of rotatable bonds is 13. The van der Waals surface area contributed by atoms with E-state index in [0.29, 0.717) is 6.42 Å². The van der Waals surface area contributed by atoms with Gasteiger partial charge < -0.3 is 15.3 Å². The molecule has 0 saturated heterocycles. The van der Waals surface area contributed by atoms with Gasteiger partial charge in [-0.25, -0.2) is 0 Å². The average Bonchev–Trinajstić information content (AvgIpc) is 2.46. The lowest BCUT2D eigenvalue weighted by molar-refractivity contribution is -0.120. The molecule has 20 heavy (non-hydrogen) atoms. The maximum Gasteiger partial charge on any atom is 0.219 e. The molecule has 0 radical (unpaired) electrons. The highest BCUT2D eigenvalue weighted by Crippen LogP contribution is 2.10. The first-order chi connectivity index (χ1) is 9.63. The molecule has 0 rings (SSSR count). The second-order valence-corrected chi connectivity index (χ2v) is 5.47. The molecular weight excluding hydrogens is 252 g/mol. The van der Waals surface area contributed by atoms with E-state index in [-0.39, 0.29) is 12.0 Å². The SMILES string of the molecule is CCN(CC)CC(O)CCCCCCCCC(=O)NC. The molecule has 0 aliphatic rings. The molecule has 120 valence electrons. The molecule has 0 fully saturated rings. The number of unbranched alkanes of at least 4 members (excludes halogenated alkanes) is 5. The molecule has 0 saturated carbocycles. The fraction of sp³-hybridized carbons (Fsp3) is 0.938. The standard InChI is InChI=1S/C16H34N2O2/c1-4-18(5-2)14-15(19)12-10-8-6-7-9-11-13-16(20)17-3/h15,19H,4-14H2,1-3H3,(H,17,20). The van der Waals surface area contributed by atoms with Crippen LogP contribution < -0.4 is 5.32 Å². The molecule has 0 aromatic heterocycles. The summed E-state index contributed by atoms with van der Waals surface area (Å²) in [6.45, 7) is 7.10. The van der Waals surface area contributed by atoms with Crippen molar-refractivity contribution in [2.45, 2.75) is 71.3 Å². The summed E-state index contributed by atoms with van der Waals surface area (Å²) in [5, 5.41) is 12.6. The van der Waals surface area contributed by atoms with Crippen molar-refractivity contribution in [3.63, 3.8) is 0 Å². The predicted octanol–water partition coefficient (Wildman–Crippen LogP) is 2.56. The molecule has 0 bridgehead atoms. The van der Waals surface area contributed by atoms with Gasteiger partial charge in [-0.2, -0.15) is 0 Å². The van der Waals surface area contributed by atoms with Crippen LogP contribution in [0.5, 0.6) is 0 Å². The van der Waals surface area contributed by atoms with Crippen LogP contribution in [0, 0.1) is 0 Å². The summed E-state index contributed by atoms with van der Waals surface area (Å²) < 4.78 is 0. The summed E-state index contributed by atoms with van der Waals surface area (Å²) in [6.07, 6.45) is 8.22. The Morgan fingerprint density at radius 2 is 1.60 bits per heavy atom. The van der Waals surface area contributed by atoms with E-state index in [1.165, 1.54) is 19.3 Å². The number of aliphatic hydroxyl groups is 1. The van der Waals surface area contributed by atoms with E-state index in [1.807, 2.05) is 0 Å². The molecule has 0 aromatic carbocycles. The van der Waals surface area contributed by atoms with Gasteiger partial charge in [-0.3, -0.25) is 4.79 Å². The van der Waals surface area contributed by atoms with Crippen LogP contribution in [0.4, 0.5) is 0 Å². The van der Waals surface area contributed by atoms with Crippen LogP contribution in [0.1, 0.15) is 65.2 Å². The first-order valence-corrected chi connectivity index (χ1v) is 8.25. The van der Waals surface area contributed by atoms with Crippen LogP contribution in [-0.4, -0.2) is 48.7 Å². The number of nitrogens with zero attached hydrogens (tertiary/aromatic N) is 1. The first-order valence-electron chi connectivity index (χ1n) is 8.25. The second kappa shape index (κ2) is 13.4. The van der Waals surface area contributed by atoms with E-state index < -0.39 is 0 Å². The van der Waals surface area contributed by atoms with Gasteiger partial charge in [0.1, 0.15) is 0 Å². The lowest BCUT2D eigenvalue weighted by Crippen LogP contribution is -2.32. The Bertz CT molecular complexity index is 231. The molecule has 1 unspecified atom stereocenters. The minimum atomic E-state index is -0.178. The normalized spacial score (nSPS) is 12.7. The quantitative estimate of drug-likeness (QED) is 0.512. The number of carbonyl (C=O) groups is 1. The Hall–Kier alpha value is -0.610. The van der Waals surface area contributed by atoms with Gasteiger partial charge in [0.2, 0.25) is 5.91 Å². The third kappa shape index (κ3) is 11.2. The molecule has 1 amide bonds. The summed E-state index contributed by atoms with van der Waals surface area (Å²) in [7, 11) is 1.69. The maximum atomic E-state index is 11.0. The number of carbonyl (C=O) groups excluding carboxylic acids is 1. The van der Waals surface area contributed by atoms with Gasteiger partial charge in [0.05, 0.1) is 6.10 Å².